The minimum absolute atomic E-state index is 0.0823. The molecule has 0 radical (unpaired) electrons. The van der Waals surface area contributed by atoms with E-state index in [1.54, 1.807) is 7.11 Å². The molecule has 0 aliphatic rings. The quantitative estimate of drug-likeness (QED) is 0.790. The maximum absolute atomic E-state index is 12.3. The molecule has 1 rings (SSSR count). The van der Waals surface area contributed by atoms with Gasteiger partial charge in [-0.3, -0.25) is 4.79 Å². The molecule has 4 nitrogen and oxygen atoms in total. The highest BCUT2D eigenvalue weighted by Crippen LogP contribution is 2.17. The Morgan fingerprint density at radius 3 is 2.42 bits per heavy atom. The van der Waals surface area contributed by atoms with Gasteiger partial charge in [0.2, 0.25) is 0 Å². The summed E-state index contributed by atoms with van der Waals surface area (Å²) in [6.07, 6.45) is 0.203. The fourth-order valence-electron chi connectivity index (χ4n) is 2.03. The molecule has 0 bridgehead atoms. The van der Waals surface area contributed by atoms with Crippen LogP contribution in [0.15, 0.2) is 30.3 Å². The second-order valence-electron chi connectivity index (χ2n) is 4.96. The molecule has 19 heavy (non-hydrogen) atoms. The van der Waals surface area contributed by atoms with Crippen LogP contribution in [0.1, 0.15) is 31.9 Å². The van der Waals surface area contributed by atoms with Crippen LogP contribution in [0.3, 0.4) is 0 Å². The number of carbonyl (C=O) groups excluding carboxylic acids is 1. The van der Waals surface area contributed by atoms with Crippen LogP contribution in [-0.2, 0) is 9.53 Å². The number of nitrogens with one attached hydrogen (secondary N) is 1. The van der Waals surface area contributed by atoms with Crippen LogP contribution in [0.2, 0.25) is 0 Å². The lowest BCUT2D eigenvalue weighted by molar-refractivity contribution is -0.132. The van der Waals surface area contributed by atoms with Gasteiger partial charge in [-0.1, -0.05) is 44.2 Å². The molecule has 2 unspecified atom stereocenters. The Morgan fingerprint density at radius 2 is 1.95 bits per heavy atom. The topological polar surface area (TPSA) is 64.3 Å². The maximum atomic E-state index is 12.3. The van der Waals surface area contributed by atoms with Gasteiger partial charge in [0.15, 0.2) is 6.10 Å². The first-order chi connectivity index (χ1) is 9.10. The minimum Gasteiger partial charge on any atom is -0.367 e. The van der Waals surface area contributed by atoms with Gasteiger partial charge in [-0.2, -0.15) is 0 Å². The predicted octanol–water partition coefficient (Wildman–Crippen LogP) is 1.86. The molecule has 3 N–H and O–H groups in total. The van der Waals surface area contributed by atoms with Crippen LogP contribution in [0.4, 0.5) is 0 Å². The number of benzene rings is 1. The Bertz CT molecular complexity index is 379. The van der Waals surface area contributed by atoms with Crippen molar-refractivity contribution < 1.29 is 9.53 Å². The largest absolute Gasteiger partial charge is 0.367 e. The summed E-state index contributed by atoms with van der Waals surface area (Å²) < 4.78 is 5.31. The summed E-state index contributed by atoms with van der Waals surface area (Å²) in [5.74, 6) is 0.238. The second kappa shape index (κ2) is 7.92. The lowest BCUT2D eigenvalue weighted by Crippen LogP contribution is -2.42. The number of amides is 1. The van der Waals surface area contributed by atoms with Crippen molar-refractivity contribution in [2.75, 3.05) is 13.7 Å². The fraction of sp³-hybridized carbons (Fsp3) is 0.533. The van der Waals surface area contributed by atoms with Crippen molar-refractivity contribution in [1.29, 1.82) is 0 Å². The zero-order chi connectivity index (χ0) is 14.3. The summed E-state index contributed by atoms with van der Waals surface area (Å²) >= 11 is 0. The van der Waals surface area contributed by atoms with Crippen molar-refractivity contribution in [1.82, 2.24) is 5.32 Å². The summed E-state index contributed by atoms with van der Waals surface area (Å²) in [5.41, 5.74) is 6.44. The van der Waals surface area contributed by atoms with Crippen molar-refractivity contribution in [2.45, 2.75) is 32.4 Å². The number of carbonyl (C=O) groups is 1. The summed E-state index contributed by atoms with van der Waals surface area (Å²) in [6, 6.07) is 9.57. The molecule has 2 atom stereocenters. The molecule has 106 valence electrons. The zero-order valence-electron chi connectivity index (χ0n) is 11.9. The number of rotatable bonds is 7. The van der Waals surface area contributed by atoms with Crippen LogP contribution >= 0.6 is 0 Å². The van der Waals surface area contributed by atoms with Gasteiger partial charge < -0.3 is 15.8 Å². The van der Waals surface area contributed by atoms with Gasteiger partial charge in [-0.15, -0.1) is 0 Å². The first-order valence-electron chi connectivity index (χ1n) is 6.68. The minimum atomic E-state index is -0.569. The van der Waals surface area contributed by atoms with Crippen molar-refractivity contribution in [3.05, 3.63) is 35.9 Å². The number of hydrogen-bond donors (Lipinski definition) is 2. The molecular weight excluding hydrogens is 240 g/mol. The summed E-state index contributed by atoms with van der Waals surface area (Å²) in [7, 11) is 1.55. The van der Waals surface area contributed by atoms with Crippen molar-refractivity contribution >= 4 is 5.91 Å². The molecule has 1 aromatic rings. The average Bonchev–Trinajstić information content (AvgIpc) is 2.40. The Hall–Kier alpha value is -1.39. The molecule has 0 saturated carbocycles. The third kappa shape index (κ3) is 4.65. The molecule has 1 aromatic carbocycles. The van der Waals surface area contributed by atoms with E-state index >= 15 is 0 Å². The van der Waals surface area contributed by atoms with Gasteiger partial charge in [0.05, 0.1) is 0 Å². The van der Waals surface area contributed by atoms with Gasteiger partial charge in [0.1, 0.15) is 0 Å². The Morgan fingerprint density at radius 1 is 1.32 bits per heavy atom. The van der Waals surface area contributed by atoms with E-state index in [0.29, 0.717) is 12.5 Å². The SMILES string of the molecule is COC(C(=O)NC(CCN)C(C)C)c1ccccc1. The predicted molar refractivity (Wildman–Crippen MR) is 76.6 cm³/mol. The van der Waals surface area contributed by atoms with Gasteiger partial charge in [-0.05, 0) is 24.4 Å². The van der Waals surface area contributed by atoms with Gasteiger partial charge in [0.25, 0.3) is 5.91 Å². The molecule has 0 saturated heterocycles. The molecule has 0 heterocycles. The molecule has 4 heteroatoms. The van der Waals surface area contributed by atoms with Crippen molar-refractivity contribution in [2.24, 2.45) is 11.7 Å². The van der Waals surface area contributed by atoms with E-state index in [9.17, 15) is 4.79 Å². The van der Waals surface area contributed by atoms with Crippen molar-refractivity contribution in [3.8, 4) is 0 Å². The maximum Gasteiger partial charge on any atom is 0.253 e. The zero-order valence-corrected chi connectivity index (χ0v) is 11.9. The molecule has 0 spiro atoms. The molecule has 0 aliphatic heterocycles. The standard InChI is InChI=1S/C15H24N2O2/c1-11(2)13(9-10-16)17-15(18)14(19-3)12-7-5-4-6-8-12/h4-8,11,13-14H,9-10,16H2,1-3H3,(H,17,18). The van der Waals surface area contributed by atoms with Gasteiger partial charge in [0, 0.05) is 13.2 Å². The normalized spacial score (nSPS) is 14.2. The highest BCUT2D eigenvalue weighted by Gasteiger charge is 2.23. The Kier molecular flexibility index (Phi) is 6.53. The summed E-state index contributed by atoms with van der Waals surface area (Å²) in [5, 5.41) is 3.02. The van der Waals surface area contributed by atoms with E-state index in [2.05, 4.69) is 19.2 Å². The highest BCUT2D eigenvalue weighted by atomic mass is 16.5. The summed E-state index contributed by atoms with van der Waals surface area (Å²) in [6.45, 7) is 4.71. The van der Waals surface area contributed by atoms with Crippen molar-refractivity contribution in [3.63, 3.8) is 0 Å². The lowest BCUT2D eigenvalue weighted by atomic mass is 10.00. The number of methoxy groups -OCH3 is 1. The van der Waals surface area contributed by atoms with Crippen LogP contribution in [-0.4, -0.2) is 25.6 Å². The van der Waals surface area contributed by atoms with Crippen LogP contribution in [0.25, 0.3) is 0 Å². The Balaban J connectivity index is 2.74. The smallest absolute Gasteiger partial charge is 0.253 e. The van der Waals surface area contributed by atoms with Gasteiger partial charge in [-0.25, -0.2) is 0 Å². The fourth-order valence-corrected chi connectivity index (χ4v) is 2.03. The number of nitrogens with two attached hydrogens (primary N) is 1. The van der Waals surface area contributed by atoms with E-state index < -0.39 is 6.10 Å². The second-order valence-corrected chi connectivity index (χ2v) is 4.96. The molecule has 0 fully saturated rings. The van der Waals surface area contributed by atoms with Crippen LogP contribution < -0.4 is 11.1 Å². The monoisotopic (exact) mass is 264 g/mol. The third-order valence-electron chi connectivity index (χ3n) is 3.19. The van der Waals surface area contributed by atoms with E-state index in [-0.39, 0.29) is 11.9 Å². The molecule has 0 aliphatic carbocycles. The lowest BCUT2D eigenvalue weighted by Gasteiger charge is -2.24. The van der Waals surface area contributed by atoms with E-state index in [4.69, 9.17) is 10.5 Å². The van der Waals surface area contributed by atoms with Crippen LogP contribution in [0, 0.1) is 5.92 Å². The van der Waals surface area contributed by atoms with Gasteiger partial charge >= 0.3 is 0 Å². The first-order valence-corrected chi connectivity index (χ1v) is 6.68. The van der Waals surface area contributed by atoms with E-state index in [1.807, 2.05) is 30.3 Å². The van der Waals surface area contributed by atoms with E-state index in [0.717, 1.165) is 12.0 Å². The number of hydrogen-bond acceptors (Lipinski definition) is 3. The molecule has 0 aromatic heterocycles. The highest BCUT2D eigenvalue weighted by molar-refractivity contribution is 5.82. The molecule has 1 amide bonds. The first kappa shape index (κ1) is 15.7. The third-order valence-corrected chi connectivity index (χ3v) is 3.19. The average molecular weight is 264 g/mol. The van der Waals surface area contributed by atoms with Crippen LogP contribution in [0.5, 0.6) is 0 Å². The molecular formula is C15H24N2O2. The number of ether oxygens (including phenoxy) is 1. The Labute approximate surface area is 115 Å². The van der Waals surface area contributed by atoms with E-state index in [1.165, 1.54) is 0 Å². The summed E-state index contributed by atoms with van der Waals surface area (Å²) in [4.78, 5) is 12.3.